The van der Waals surface area contributed by atoms with Crippen molar-refractivity contribution in [3.63, 3.8) is 0 Å². The second-order valence-corrected chi connectivity index (χ2v) is 5.78. The lowest BCUT2D eigenvalue weighted by Crippen LogP contribution is -2.41. The van der Waals surface area contributed by atoms with Gasteiger partial charge in [-0.15, -0.1) is 0 Å². The Labute approximate surface area is 131 Å². The van der Waals surface area contributed by atoms with Gasteiger partial charge in [0, 0.05) is 43.5 Å². The SMILES string of the molecule is Cc1[nH]ncc1CNC(CN1CCOCC1)c1ccccc1. The van der Waals surface area contributed by atoms with Crippen LogP contribution in [0.15, 0.2) is 36.5 Å². The van der Waals surface area contributed by atoms with Gasteiger partial charge in [-0.05, 0) is 12.5 Å². The minimum Gasteiger partial charge on any atom is -0.379 e. The minimum atomic E-state index is 0.314. The second-order valence-electron chi connectivity index (χ2n) is 5.78. The highest BCUT2D eigenvalue weighted by Crippen LogP contribution is 2.16. The van der Waals surface area contributed by atoms with Crippen LogP contribution < -0.4 is 5.32 Å². The van der Waals surface area contributed by atoms with E-state index in [0.29, 0.717) is 6.04 Å². The second kappa shape index (κ2) is 7.54. The van der Waals surface area contributed by atoms with Crippen molar-refractivity contribution in [2.75, 3.05) is 32.8 Å². The molecular formula is C17H24N4O. The number of nitrogens with zero attached hydrogens (tertiary/aromatic N) is 2. The molecule has 0 aliphatic carbocycles. The summed E-state index contributed by atoms with van der Waals surface area (Å²) in [6.45, 7) is 7.58. The van der Waals surface area contributed by atoms with Crippen molar-refractivity contribution in [2.45, 2.75) is 19.5 Å². The Kier molecular flexibility index (Phi) is 5.21. The molecule has 118 valence electrons. The standard InChI is InChI=1S/C17H24N4O/c1-14-16(12-19-20-14)11-18-17(15-5-3-2-4-6-15)13-21-7-9-22-10-8-21/h2-6,12,17-18H,7-11,13H2,1H3,(H,19,20). The molecular weight excluding hydrogens is 276 g/mol. The smallest absolute Gasteiger partial charge is 0.0594 e. The summed E-state index contributed by atoms with van der Waals surface area (Å²) in [5, 5.41) is 10.8. The van der Waals surface area contributed by atoms with Crippen LogP contribution in [0.4, 0.5) is 0 Å². The van der Waals surface area contributed by atoms with Gasteiger partial charge in [0.05, 0.1) is 19.4 Å². The first-order chi connectivity index (χ1) is 10.8. The lowest BCUT2D eigenvalue weighted by atomic mass is 10.1. The number of aromatic amines is 1. The van der Waals surface area contributed by atoms with Crippen LogP contribution in [-0.2, 0) is 11.3 Å². The number of ether oxygens (including phenoxy) is 1. The first-order valence-electron chi connectivity index (χ1n) is 7.90. The van der Waals surface area contributed by atoms with Crippen molar-refractivity contribution < 1.29 is 4.74 Å². The number of morpholine rings is 1. The third kappa shape index (κ3) is 3.94. The maximum Gasteiger partial charge on any atom is 0.0594 e. The van der Waals surface area contributed by atoms with Crippen molar-refractivity contribution in [3.8, 4) is 0 Å². The molecule has 1 aromatic heterocycles. The van der Waals surface area contributed by atoms with Gasteiger partial charge >= 0.3 is 0 Å². The number of benzene rings is 1. The van der Waals surface area contributed by atoms with E-state index in [1.165, 1.54) is 11.1 Å². The van der Waals surface area contributed by atoms with Crippen molar-refractivity contribution in [2.24, 2.45) is 0 Å². The molecule has 0 radical (unpaired) electrons. The number of aromatic nitrogens is 2. The molecule has 1 saturated heterocycles. The van der Waals surface area contributed by atoms with E-state index in [4.69, 9.17) is 4.74 Å². The fourth-order valence-corrected chi connectivity index (χ4v) is 2.80. The number of rotatable bonds is 6. The summed E-state index contributed by atoms with van der Waals surface area (Å²) >= 11 is 0. The van der Waals surface area contributed by atoms with Crippen LogP contribution in [0, 0.1) is 6.92 Å². The van der Waals surface area contributed by atoms with E-state index in [9.17, 15) is 0 Å². The van der Waals surface area contributed by atoms with E-state index in [2.05, 4.69) is 57.7 Å². The number of hydrogen-bond acceptors (Lipinski definition) is 4. The number of aryl methyl sites for hydroxylation is 1. The van der Waals surface area contributed by atoms with Gasteiger partial charge in [-0.2, -0.15) is 5.10 Å². The Bertz CT molecular complexity index is 563. The van der Waals surface area contributed by atoms with E-state index >= 15 is 0 Å². The molecule has 2 heterocycles. The summed E-state index contributed by atoms with van der Waals surface area (Å²) in [5.41, 5.74) is 3.68. The van der Waals surface area contributed by atoms with Gasteiger partial charge in [-0.25, -0.2) is 0 Å². The average molecular weight is 300 g/mol. The maximum absolute atomic E-state index is 5.45. The monoisotopic (exact) mass is 300 g/mol. The molecule has 0 saturated carbocycles. The Morgan fingerprint density at radius 2 is 2.05 bits per heavy atom. The molecule has 2 aromatic rings. The topological polar surface area (TPSA) is 53.2 Å². The Hall–Kier alpha value is -1.69. The maximum atomic E-state index is 5.45. The molecule has 1 aliphatic rings. The molecule has 5 nitrogen and oxygen atoms in total. The molecule has 1 aromatic carbocycles. The molecule has 1 unspecified atom stereocenters. The van der Waals surface area contributed by atoms with E-state index in [0.717, 1.165) is 45.1 Å². The highest BCUT2D eigenvalue weighted by atomic mass is 16.5. The molecule has 3 rings (SSSR count). The summed E-state index contributed by atoms with van der Waals surface area (Å²) in [6.07, 6.45) is 1.90. The van der Waals surface area contributed by atoms with Crippen LogP contribution >= 0.6 is 0 Å². The third-order valence-corrected chi connectivity index (χ3v) is 4.22. The molecule has 5 heteroatoms. The van der Waals surface area contributed by atoms with Crippen LogP contribution in [0.1, 0.15) is 22.9 Å². The quantitative estimate of drug-likeness (QED) is 0.855. The van der Waals surface area contributed by atoms with Gasteiger partial charge in [0.2, 0.25) is 0 Å². The average Bonchev–Trinajstić information content (AvgIpc) is 2.98. The summed E-state index contributed by atoms with van der Waals surface area (Å²) in [4.78, 5) is 2.47. The predicted octanol–water partition coefficient (Wildman–Crippen LogP) is 1.88. The Morgan fingerprint density at radius 1 is 1.27 bits per heavy atom. The van der Waals surface area contributed by atoms with Gasteiger partial charge in [0.1, 0.15) is 0 Å². The summed E-state index contributed by atoms with van der Waals surface area (Å²) < 4.78 is 5.45. The van der Waals surface area contributed by atoms with Gasteiger partial charge in [0.15, 0.2) is 0 Å². The van der Waals surface area contributed by atoms with Gasteiger partial charge in [-0.3, -0.25) is 10.00 Å². The zero-order valence-corrected chi connectivity index (χ0v) is 13.1. The highest BCUT2D eigenvalue weighted by molar-refractivity contribution is 5.20. The van der Waals surface area contributed by atoms with E-state index in [1.54, 1.807) is 0 Å². The molecule has 0 bridgehead atoms. The fraction of sp³-hybridized carbons (Fsp3) is 0.471. The number of nitrogens with one attached hydrogen (secondary N) is 2. The van der Waals surface area contributed by atoms with Crippen LogP contribution in [0.2, 0.25) is 0 Å². The molecule has 2 N–H and O–H groups in total. The number of hydrogen-bond donors (Lipinski definition) is 2. The van der Waals surface area contributed by atoms with Crippen LogP contribution in [0.25, 0.3) is 0 Å². The highest BCUT2D eigenvalue weighted by Gasteiger charge is 2.18. The largest absolute Gasteiger partial charge is 0.379 e. The summed E-state index contributed by atoms with van der Waals surface area (Å²) in [7, 11) is 0. The van der Waals surface area contributed by atoms with Crippen molar-refractivity contribution in [1.29, 1.82) is 0 Å². The predicted molar refractivity (Wildman–Crippen MR) is 86.6 cm³/mol. The minimum absolute atomic E-state index is 0.314. The first kappa shape index (κ1) is 15.2. The first-order valence-corrected chi connectivity index (χ1v) is 7.90. The molecule has 1 atom stereocenters. The molecule has 22 heavy (non-hydrogen) atoms. The molecule has 1 fully saturated rings. The van der Waals surface area contributed by atoms with E-state index in [-0.39, 0.29) is 0 Å². The molecule has 1 aliphatic heterocycles. The summed E-state index contributed by atoms with van der Waals surface area (Å²) in [6, 6.07) is 11.0. The zero-order valence-electron chi connectivity index (χ0n) is 13.1. The lowest BCUT2D eigenvalue weighted by Gasteiger charge is -2.31. The van der Waals surface area contributed by atoms with E-state index < -0.39 is 0 Å². The van der Waals surface area contributed by atoms with Crippen LogP contribution in [-0.4, -0.2) is 47.9 Å². The van der Waals surface area contributed by atoms with Crippen molar-refractivity contribution >= 4 is 0 Å². The van der Waals surface area contributed by atoms with Crippen molar-refractivity contribution in [1.82, 2.24) is 20.4 Å². The van der Waals surface area contributed by atoms with Gasteiger partial charge in [0.25, 0.3) is 0 Å². The number of H-pyrrole nitrogens is 1. The Morgan fingerprint density at radius 3 is 2.73 bits per heavy atom. The summed E-state index contributed by atoms with van der Waals surface area (Å²) in [5.74, 6) is 0. The van der Waals surface area contributed by atoms with Gasteiger partial charge < -0.3 is 10.1 Å². The molecule has 0 spiro atoms. The third-order valence-electron chi connectivity index (χ3n) is 4.22. The van der Waals surface area contributed by atoms with E-state index in [1.807, 2.05) is 6.20 Å². The zero-order chi connectivity index (χ0) is 15.2. The molecule has 0 amide bonds. The van der Waals surface area contributed by atoms with Crippen molar-refractivity contribution in [3.05, 3.63) is 53.3 Å². The Balaban J connectivity index is 1.67. The van der Waals surface area contributed by atoms with Crippen LogP contribution in [0.5, 0.6) is 0 Å². The fourth-order valence-electron chi connectivity index (χ4n) is 2.80. The lowest BCUT2D eigenvalue weighted by molar-refractivity contribution is 0.0333. The van der Waals surface area contributed by atoms with Crippen LogP contribution in [0.3, 0.4) is 0 Å². The normalized spacial score (nSPS) is 17.5. The van der Waals surface area contributed by atoms with Gasteiger partial charge in [-0.1, -0.05) is 30.3 Å².